The SMILES string of the molecule is O=C(Nc1ccc2c(c1)SC(=CC=CC=C1C(=O)c3ccccc3S1(=O)=O)N2CCCS(=O)(=O)O)OC1c2ccccc2-c2ccccc21. The van der Waals surface area contributed by atoms with E-state index >= 15 is 0 Å². The number of nitrogens with one attached hydrogen (secondary N) is 1. The van der Waals surface area contributed by atoms with Crippen LogP contribution in [-0.4, -0.2) is 45.6 Å². The molecule has 0 saturated heterocycles. The highest BCUT2D eigenvalue weighted by atomic mass is 32.2. The topological polar surface area (TPSA) is 147 Å². The number of sulfone groups is 1. The minimum atomic E-state index is -4.17. The van der Waals surface area contributed by atoms with Gasteiger partial charge in [0.2, 0.25) is 15.6 Å². The van der Waals surface area contributed by atoms with E-state index in [2.05, 4.69) is 5.32 Å². The molecule has 2 aliphatic heterocycles. The molecule has 4 aromatic carbocycles. The molecule has 4 aromatic rings. The normalized spacial score (nSPS) is 17.7. The number of fused-ring (bicyclic) bond motifs is 5. The van der Waals surface area contributed by atoms with Crippen molar-refractivity contribution in [2.45, 2.75) is 22.3 Å². The third-order valence-electron chi connectivity index (χ3n) is 8.30. The highest BCUT2D eigenvalue weighted by molar-refractivity contribution is 8.03. The third kappa shape index (κ3) is 6.33. The van der Waals surface area contributed by atoms with Crippen LogP contribution in [0.2, 0.25) is 0 Å². The minimum absolute atomic E-state index is 0.0176. The number of ketones is 1. The maximum Gasteiger partial charge on any atom is 0.412 e. The second-order valence-electron chi connectivity index (χ2n) is 11.4. The lowest BCUT2D eigenvalue weighted by atomic mass is 10.1. The monoisotopic (exact) mass is 712 g/mol. The molecule has 2 N–H and O–H groups in total. The molecule has 7 rings (SSSR count). The quantitative estimate of drug-likeness (QED) is 0.143. The molecule has 0 bridgehead atoms. The molecule has 0 aromatic heterocycles. The summed E-state index contributed by atoms with van der Waals surface area (Å²) in [4.78, 5) is 28.2. The largest absolute Gasteiger partial charge is 0.436 e. The van der Waals surface area contributed by atoms with Crippen molar-refractivity contribution in [2.24, 2.45) is 0 Å². The summed E-state index contributed by atoms with van der Waals surface area (Å²) in [5, 5.41) is 3.50. The lowest BCUT2D eigenvalue weighted by Crippen LogP contribution is -2.21. The molecular weight excluding hydrogens is 685 g/mol. The van der Waals surface area contributed by atoms with E-state index in [-0.39, 0.29) is 28.3 Å². The maximum atomic E-state index is 13.2. The zero-order valence-corrected chi connectivity index (χ0v) is 28.1. The molecule has 2 heterocycles. The van der Waals surface area contributed by atoms with E-state index in [1.807, 2.05) is 53.4 Å². The first-order valence-electron chi connectivity index (χ1n) is 15.2. The molecule has 0 radical (unpaired) electrons. The number of thioether (sulfide) groups is 1. The molecule has 1 aliphatic carbocycles. The molecule has 0 fully saturated rings. The van der Waals surface area contributed by atoms with Gasteiger partial charge in [-0.1, -0.05) is 84.6 Å². The third-order valence-corrected chi connectivity index (χ3v) is 12.0. The Morgan fingerprint density at radius 1 is 0.898 bits per heavy atom. The summed E-state index contributed by atoms with van der Waals surface area (Å²) >= 11 is 1.36. The van der Waals surface area contributed by atoms with Crippen LogP contribution in [0.25, 0.3) is 11.1 Å². The second-order valence-corrected chi connectivity index (χ2v) is 15.9. The number of Topliss-reactive ketones (excluding diaryl/α,β-unsaturated/α-hetero) is 1. The number of amides is 1. The molecular formula is C36H28N2O8S3. The van der Waals surface area contributed by atoms with E-state index < -0.39 is 43.7 Å². The lowest BCUT2D eigenvalue weighted by molar-refractivity contribution is 0.104. The molecule has 0 atom stereocenters. The number of allylic oxidation sites excluding steroid dienone is 5. The number of anilines is 2. The number of carbonyl (C=O) groups is 2. The summed E-state index contributed by atoms with van der Waals surface area (Å²) in [5.41, 5.74) is 5.22. The van der Waals surface area contributed by atoms with Gasteiger partial charge in [-0.25, -0.2) is 13.2 Å². The Bertz CT molecular complexity index is 2300. The fourth-order valence-corrected chi connectivity index (χ4v) is 9.33. The number of benzene rings is 4. The second kappa shape index (κ2) is 12.8. The van der Waals surface area contributed by atoms with Crippen molar-refractivity contribution in [2.75, 3.05) is 22.5 Å². The number of nitrogens with zero attached hydrogens (tertiary/aromatic N) is 1. The van der Waals surface area contributed by atoms with Crippen molar-refractivity contribution in [1.82, 2.24) is 0 Å². The summed E-state index contributed by atoms with van der Waals surface area (Å²) in [6, 6.07) is 26.9. The Labute approximate surface area is 287 Å². The van der Waals surface area contributed by atoms with Gasteiger partial charge in [-0.2, -0.15) is 8.42 Å². The predicted molar refractivity (Wildman–Crippen MR) is 188 cm³/mol. The van der Waals surface area contributed by atoms with Crippen molar-refractivity contribution in [1.29, 1.82) is 0 Å². The lowest BCUT2D eigenvalue weighted by Gasteiger charge is -2.20. The highest BCUT2D eigenvalue weighted by Crippen LogP contribution is 2.48. The summed E-state index contributed by atoms with van der Waals surface area (Å²) < 4.78 is 63.8. The van der Waals surface area contributed by atoms with Crippen LogP contribution < -0.4 is 10.2 Å². The Hall–Kier alpha value is -4.95. The Kier molecular flexibility index (Phi) is 8.53. The summed E-state index contributed by atoms with van der Waals surface area (Å²) in [6.45, 7) is 0.248. The zero-order valence-electron chi connectivity index (χ0n) is 25.6. The molecule has 248 valence electrons. The van der Waals surface area contributed by atoms with Gasteiger partial charge in [0.15, 0.2) is 6.10 Å². The van der Waals surface area contributed by atoms with Crippen LogP contribution in [0.5, 0.6) is 0 Å². The van der Waals surface area contributed by atoms with Crippen molar-refractivity contribution >= 4 is 55.0 Å². The van der Waals surface area contributed by atoms with Crippen LogP contribution in [0.1, 0.15) is 34.0 Å². The van der Waals surface area contributed by atoms with Crippen LogP contribution in [-0.2, 0) is 24.7 Å². The average Bonchev–Trinajstić information content (AvgIpc) is 3.64. The van der Waals surface area contributed by atoms with Crippen LogP contribution in [0.15, 0.2) is 135 Å². The summed E-state index contributed by atoms with van der Waals surface area (Å²) in [5.74, 6) is -1.000. The smallest absolute Gasteiger partial charge is 0.412 e. The van der Waals surface area contributed by atoms with Crippen LogP contribution in [0.4, 0.5) is 16.2 Å². The van der Waals surface area contributed by atoms with Gasteiger partial charge in [0.05, 0.1) is 21.4 Å². The van der Waals surface area contributed by atoms with Crippen LogP contribution in [0.3, 0.4) is 0 Å². The standard InChI is InChI=1S/C36H28N2O8S3/c39-34-28-14-5-6-15-31(28)49(44,45)32(34)16-7-8-17-33-38(20-9-21-48(41,42)43)29-19-18-23(22-30(29)47-33)37-36(40)46-35-26-12-3-1-10-24(26)25-11-2-4-13-27(25)35/h1-8,10-19,22,35H,9,20-21H2,(H,37,40)(H,41,42,43). The first-order valence-corrected chi connectivity index (χ1v) is 19.1. The van der Waals surface area contributed by atoms with Gasteiger partial charge in [-0.05, 0) is 60.0 Å². The Morgan fingerprint density at radius 3 is 2.20 bits per heavy atom. The number of hydrogen-bond donors (Lipinski definition) is 2. The first kappa shape index (κ1) is 32.6. The van der Waals surface area contributed by atoms with Crippen LogP contribution >= 0.6 is 11.8 Å². The summed E-state index contributed by atoms with van der Waals surface area (Å²) in [7, 11) is -8.10. The van der Waals surface area contributed by atoms with E-state index in [1.54, 1.807) is 42.5 Å². The predicted octanol–water partition coefficient (Wildman–Crippen LogP) is 7.15. The molecule has 49 heavy (non-hydrogen) atoms. The molecule has 0 unspecified atom stereocenters. The Morgan fingerprint density at radius 2 is 1.53 bits per heavy atom. The molecule has 1 amide bonds. The van der Waals surface area contributed by atoms with Gasteiger partial charge in [0.1, 0.15) is 4.91 Å². The Balaban J connectivity index is 1.10. The molecule has 3 aliphatic rings. The number of ether oxygens (including phenoxy) is 1. The van der Waals surface area contributed by atoms with Crippen molar-refractivity contribution in [3.8, 4) is 11.1 Å². The van der Waals surface area contributed by atoms with Gasteiger partial charge >= 0.3 is 6.09 Å². The maximum absolute atomic E-state index is 13.2. The van der Waals surface area contributed by atoms with E-state index in [0.717, 1.165) is 32.8 Å². The molecule has 0 spiro atoms. The van der Waals surface area contributed by atoms with E-state index in [4.69, 9.17) is 4.74 Å². The first-order chi connectivity index (χ1) is 23.5. The van der Waals surface area contributed by atoms with Gasteiger partial charge < -0.3 is 9.64 Å². The van der Waals surface area contributed by atoms with Crippen molar-refractivity contribution in [3.05, 3.63) is 142 Å². The number of carbonyl (C=O) groups excluding carboxylic acids is 2. The van der Waals surface area contributed by atoms with Gasteiger partial charge in [0, 0.05) is 33.8 Å². The average molecular weight is 713 g/mol. The minimum Gasteiger partial charge on any atom is -0.436 e. The zero-order chi connectivity index (χ0) is 34.3. The van der Waals surface area contributed by atoms with E-state index in [9.17, 15) is 31.0 Å². The van der Waals surface area contributed by atoms with Crippen molar-refractivity contribution < 1.29 is 35.7 Å². The van der Waals surface area contributed by atoms with E-state index in [1.165, 1.54) is 36.0 Å². The van der Waals surface area contributed by atoms with E-state index in [0.29, 0.717) is 10.7 Å². The fourth-order valence-electron chi connectivity index (χ4n) is 6.14. The number of rotatable bonds is 8. The van der Waals surface area contributed by atoms with Crippen molar-refractivity contribution in [3.63, 3.8) is 0 Å². The molecule has 10 nitrogen and oxygen atoms in total. The molecule has 0 saturated carbocycles. The van der Waals surface area contributed by atoms with Crippen LogP contribution in [0, 0.1) is 0 Å². The number of hydrogen-bond acceptors (Lipinski definition) is 9. The van der Waals surface area contributed by atoms with Gasteiger partial charge in [0.25, 0.3) is 10.1 Å². The van der Waals surface area contributed by atoms with Gasteiger partial charge in [-0.3, -0.25) is 14.7 Å². The highest BCUT2D eigenvalue weighted by Gasteiger charge is 2.38. The molecule has 13 heteroatoms. The fraction of sp³-hybridized carbons (Fsp3) is 0.111. The van der Waals surface area contributed by atoms with Gasteiger partial charge in [-0.15, -0.1) is 0 Å². The summed E-state index contributed by atoms with van der Waals surface area (Å²) in [6.07, 6.45) is 4.97.